The summed E-state index contributed by atoms with van der Waals surface area (Å²) in [5.74, 6) is 3.56. The van der Waals surface area contributed by atoms with Gasteiger partial charge in [0, 0.05) is 11.8 Å². The zero-order chi connectivity index (χ0) is 20.6. The molecule has 162 valence electrons. The molecule has 7 unspecified atom stereocenters. The van der Waals surface area contributed by atoms with Crippen molar-refractivity contribution in [3.05, 3.63) is 11.6 Å². The van der Waals surface area contributed by atoms with Crippen LogP contribution in [0.4, 0.5) is 4.79 Å². The molecule has 3 fully saturated rings. The molecular weight excluding hydrogens is 364 g/mol. The fourth-order valence-corrected chi connectivity index (χ4v) is 7.57. The van der Waals surface area contributed by atoms with E-state index in [1.165, 1.54) is 12.0 Å². The summed E-state index contributed by atoms with van der Waals surface area (Å²) >= 11 is 0. The van der Waals surface area contributed by atoms with E-state index in [1.807, 2.05) is 6.08 Å². The van der Waals surface area contributed by atoms with Crippen molar-refractivity contribution in [2.75, 3.05) is 6.61 Å². The molecule has 4 nitrogen and oxygen atoms in total. The van der Waals surface area contributed by atoms with Crippen LogP contribution in [-0.4, -0.2) is 24.6 Å². The summed E-state index contributed by atoms with van der Waals surface area (Å²) in [5.41, 5.74) is 1.49. The standard InChI is InChI=1S/C25H38O4/c1-4-5-6-13-28-24(27)29-22-12-11-21-20-9-7-17-14-18(26)8-10-19(17)23(20)16(2)15-25(21,22)3/h14,16,19-23H,4-13,15H2,1-3H3. The SMILES string of the molecule is CCCCCOC(=O)OC1CCC2C3CCC4=CC(=O)CCC4C3C(C)CC12C. The summed E-state index contributed by atoms with van der Waals surface area (Å²) in [4.78, 5) is 24.2. The second kappa shape index (κ2) is 8.43. The van der Waals surface area contributed by atoms with E-state index in [-0.39, 0.29) is 11.5 Å². The number of ether oxygens (including phenoxy) is 2. The van der Waals surface area contributed by atoms with Gasteiger partial charge in [-0.25, -0.2) is 4.79 Å². The summed E-state index contributed by atoms with van der Waals surface area (Å²) in [6.07, 6.45) is 11.9. The molecule has 0 N–H and O–H groups in total. The Hall–Kier alpha value is -1.32. The van der Waals surface area contributed by atoms with Crippen LogP contribution in [0.1, 0.15) is 85.0 Å². The van der Waals surface area contributed by atoms with E-state index in [0.717, 1.165) is 57.8 Å². The van der Waals surface area contributed by atoms with E-state index in [1.54, 1.807) is 0 Å². The van der Waals surface area contributed by atoms with Gasteiger partial charge in [0.25, 0.3) is 0 Å². The molecule has 0 spiro atoms. The maximum absolute atomic E-state index is 12.3. The molecule has 0 bridgehead atoms. The van der Waals surface area contributed by atoms with Crippen molar-refractivity contribution in [3.63, 3.8) is 0 Å². The van der Waals surface area contributed by atoms with Crippen molar-refractivity contribution in [1.82, 2.24) is 0 Å². The molecule has 0 aromatic heterocycles. The third kappa shape index (κ3) is 3.88. The second-order valence-electron chi connectivity index (χ2n) is 10.4. The number of ketones is 1. The molecule has 4 aliphatic rings. The predicted molar refractivity (Wildman–Crippen MR) is 112 cm³/mol. The van der Waals surface area contributed by atoms with E-state index >= 15 is 0 Å². The van der Waals surface area contributed by atoms with Gasteiger partial charge < -0.3 is 9.47 Å². The third-order valence-corrected chi connectivity index (χ3v) is 8.71. The van der Waals surface area contributed by atoms with Crippen LogP contribution in [0, 0.1) is 35.0 Å². The van der Waals surface area contributed by atoms with Gasteiger partial charge in [0.2, 0.25) is 0 Å². The first-order valence-electron chi connectivity index (χ1n) is 12.0. The van der Waals surface area contributed by atoms with E-state index < -0.39 is 6.16 Å². The topological polar surface area (TPSA) is 52.6 Å². The van der Waals surface area contributed by atoms with Crippen LogP contribution in [0.25, 0.3) is 0 Å². The number of allylic oxidation sites excluding steroid dienone is 1. The minimum Gasteiger partial charge on any atom is -0.434 e. The quantitative estimate of drug-likeness (QED) is 0.413. The van der Waals surface area contributed by atoms with Gasteiger partial charge in [-0.3, -0.25) is 4.79 Å². The Morgan fingerprint density at radius 1 is 1.17 bits per heavy atom. The molecule has 3 saturated carbocycles. The van der Waals surface area contributed by atoms with Gasteiger partial charge in [-0.15, -0.1) is 0 Å². The van der Waals surface area contributed by atoms with Gasteiger partial charge in [0.1, 0.15) is 6.10 Å². The van der Waals surface area contributed by atoms with E-state index in [9.17, 15) is 9.59 Å². The lowest BCUT2D eigenvalue weighted by molar-refractivity contribution is -0.117. The van der Waals surface area contributed by atoms with Crippen LogP contribution in [-0.2, 0) is 14.3 Å². The Labute approximate surface area is 175 Å². The molecule has 0 aromatic rings. The highest BCUT2D eigenvalue weighted by Crippen LogP contribution is 2.63. The summed E-state index contributed by atoms with van der Waals surface area (Å²) in [5, 5.41) is 0. The fraction of sp³-hybridized carbons (Fsp3) is 0.840. The number of carbonyl (C=O) groups is 2. The lowest BCUT2D eigenvalue weighted by Crippen LogP contribution is -2.51. The van der Waals surface area contributed by atoms with Crippen LogP contribution < -0.4 is 0 Å². The highest BCUT2D eigenvalue weighted by atomic mass is 16.7. The van der Waals surface area contributed by atoms with Crippen LogP contribution in [0.15, 0.2) is 11.6 Å². The Kier molecular flexibility index (Phi) is 6.09. The predicted octanol–water partition coefficient (Wildman–Crippen LogP) is 6.09. The smallest absolute Gasteiger partial charge is 0.434 e. The zero-order valence-corrected chi connectivity index (χ0v) is 18.5. The summed E-state index contributed by atoms with van der Waals surface area (Å²) < 4.78 is 11.2. The summed E-state index contributed by atoms with van der Waals surface area (Å²) in [6, 6.07) is 0. The molecule has 0 heterocycles. The Bertz CT molecular complexity index is 668. The molecule has 0 amide bonds. The van der Waals surface area contributed by atoms with Crippen molar-refractivity contribution in [3.8, 4) is 0 Å². The lowest BCUT2D eigenvalue weighted by atomic mass is 9.49. The second-order valence-corrected chi connectivity index (χ2v) is 10.4. The molecule has 4 heteroatoms. The molecule has 4 aliphatic carbocycles. The molecule has 0 aromatic carbocycles. The van der Waals surface area contributed by atoms with Crippen LogP contribution in [0.2, 0.25) is 0 Å². The molecule has 29 heavy (non-hydrogen) atoms. The average Bonchev–Trinajstić information content (AvgIpc) is 3.00. The lowest BCUT2D eigenvalue weighted by Gasteiger charge is -2.56. The van der Waals surface area contributed by atoms with Gasteiger partial charge in [-0.05, 0) is 80.6 Å². The van der Waals surface area contributed by atoms with Crippen molar-refractivity contribution in [2.45, 2.75) is 91.1 Å². The maximum Gasteiger partial charge on any atom is 0.508 e. The molecule has 4 rings (SSSR count). The molecule has 0 saturated heterocycles. The van der Waals surface area contributed by atoms with Gasteiger partial charge in [-0.1, -0.05) is 39.2 Å². The van der Waals surface area contributed by atoms with E-state index in [0.29, 0.717) is 42.0 Å². The van der Waals surface area contributed by atoms with Crippen molar-refractivity contribution >= 4 is 11.9 Å². The highest BCUT2D eigenvalue weighted by Gasteiger charge is 2.59. The van der Waals surface area contributed by atoms with E-state index in [2.05, 4.69) is 20.8 Å². The Morgan fingerprint density at radius 2 is 2.00 bits per heavy atom. The number of unbranched alkanes of at least 4 members (excludes halogenated alkanes) is 2. The number of fused-ring (bicyclic) bond motifs is 5. The van der Waals surface area contributed by atoms with Crippen LogP contribution in [0.5, 0.6) is 0 Å². The van der Waals surface area contributed by atoms with Gasteiger partial charge >= 0.3 is 6.16 Å². The number of rotatable bonds is 5. The largest absolute Gasteiger partial charge is 0.508 e. The van der Waals surface area contributed by atoms with Crippen LogP contribution >= 0.6 is 0 Å². The van der Waals surface area contributed by atoms with Gasteiger partial charge in [0.15, 0.2) is 5.78 Å². The Balaban J connectivity index is 1.44. The fourth-order valence-electron chi connectivity index (χ4n) is 7.57. The van der Waals surface area contributed by atoms with Gasteiger partial charge in [-0.2, -0.15) is 0 Å². The molecule has 0 radical (unpaired) electrons. The first kappa shape index (κ1) is 20.9. The van der Waals surface area contributed by atoms with Crippen LogP contribution in [0.3, 0.4) is 0 Å². The minimum atomic E-state index is -0.470. The first-order valence-corrected chi connectivity index (χ1v) is 12.0. The highest BCUT2D eigenvalue weighted by molar-refractivity contribution is 5.91. The molecule has 7 atom stereocenters. The molecular formula is C25H38O4. The number of hydrogen-bond acceptors (Lipinski definition) is 4. The zero-order valence-electron chi connectivity index (χ0n) is 18.5. The van der Waals surface area contributed by atoms with E-state index in [4.69, 9.17) is 9.47 Å². The first-order chi connectivity index (χ1) is 13.9. The number of carbonyl (C=O) groups excluding carboxylic acids is 2. The maximum atomic E-state index is 12.3. The van der Waals surface area contributed by atoms with Crippen molar-refractivity contribution in [2.24, 2.45) is 35.0 Å². The monoisotopic (exact) mass is 402 g/mol. The normalized spacial score (nSPS) is 41.1. The summed E-state index contributed by atoms with van der Waals surface area (Å²) in [6.45, 7) is 7.37. The van der Waals surface area contributed by atoms with Gasteiger partial charge in [0.05, 0.1) is 6.61 Å². The average molecular weight is 403 g/mol. The van der Waals surface area contributed by atoms with Crippen molar-refractivity contribution < 1.29 is 19.1 Å². The van der Waals surface area contributed by atoms with Crippen molar-refractivity contribution in [1.29, 1.82) is 0 Å². The summed E-state index contributed by atoms with van der Waals surface area (Å²) in [7, 11) is 0. The Morgan fingerprint density at radius 3 is 2.79 bits per heavy atom. The minimum absolute atomic E-state index is 0.0144. The number of hydrogen-bond donors (Lipinski definition) is 0. The third-order valence-electron chi connectivity index (χ3n) is 8.71. The molecule has 0 aliphatic heterocycles.